The minimum Gasteiger partial charge on any atom is -0.381 e. The van der Waals surface area contributed by atoms with Crippen LogP contribution < -0.4 is 10.6 Å². The molecule has 0 aromatic heterocycles. The number of benzene rings is 1. The van der Waals surface area contributed by atoms with Crippen molar-refractivity contribution in [3.63, 3.8) is 0 Å². The summed E-state index contributed by atoms with van der Waals surface area (Å²) in [7, 11) is 0. The summed E-state index contributed by atoms with van der Waals surface area (Å²) in [6.45, 7) is 8.84. The van der Waals surface area contributed by atoms with Gasteiger partial charge >= 0.3 is 0 Å². The molecule has 0 saturated carbocycles. The first-order chi connectivity index (χ1) is 12.6. The van der Waals surface area contributed by atoms with E-state index in [1.807, 2.05) is 0 Å². The molecule has 2 aliphatic heterocycles. The molecule has 0 aliphatic carbocycles. The van der Waals surface area contributed by atoms with Crippen LogP contribution >= 0.6 is 0 Å². The van der Waals surface area contributed by atoms with Crippen molar-refractivity contribution in [2.75, 3.05) is 32.8 Å². The maximum Gasteiger partial charge on any atom is 0.220 e. The van der Waals surface area contributed by atoms with Crippen molar-refractivity contribution < 1.29 is 9.53 Å². The number of piperidine rings is 1. The molecule has 0 radical (unpaired) electrons. The van der Waals surface area contributed by atoms with Crippen LogP contribution in [0.25, 0.3) is 0 Å². The van der Waals surface area contributed by atoms with Crippen LogP contribution in [-0.2, 0) is 14.9 Å². The highest BCUT2D eigenvalue weighted by Gasteiger charge is 2.36. The number of carbonyl (C=O) groups is 1. The zero-order chi connectivity index (χ0) is 18.4. The molecule has 2 fully saturated rings. The van der Waals surface area contributed by atoms with Crippen LogP contribution in [0.3, 0.4) is 0 Å². The monoisotopic (exact) mass is 358 g/mol. The molecular weight excluding hydrogens is 324 g/mol. The Labute approximate surface area is 158 Å². The molecule has 3 rings (SSSR count). The summed E-state index contributed by atoms with van der Waals surface area (Å²) in [6.07, 6.45) is 5.05. The number of rotatable bonds is 6. The SMILES string of the molecule is Cc1ccccc1C1(CNC(=O)CC(C)C2CCCNC2)CCOCC1. The molecule has 2 heterocycles. The van der Waals surface area contributed by atoms with Crippen molar-refractivity contribution in [3.05, 3.63) is 35.4 Å². The molecule has 2 atom stereocenters. The molecule has 2 aliphatic rings. The Bertz CT molecular complexity index is 590. The van der Waals surface area contributed by atoms with Crippen LogP contribution in [0.4, 0.5) is 0 Å². The second kappa shape index (κ2) is 9.01. The van der Waals surface area contributed by atoms with Crippen molar-refractivity contribution in [1.82, 2.24) is 10.6 Å². The van der Waals surface area contributed by atoms with Crippen LogP contribution in [0.1, 0.15) is 50.2 Å². The zero-order valence-electron chi connectivity index (χ0n) is 16.4. The van der Waals surface area contributed by atoms with Crippen molar-refractivity contribution in [1.29, 1.82) is 0 Å². The van der Waals surface area contributed by atoms with Crippen molar-refractivity contribution in [2.24, 2.45) is 11.8 Å². The summed E-state index contributed by atoms with van der Waals surface area (Å²) < 4.78 is 5.62. The lowest BCUT2D eigenvalue weighted by molar-refractivity contribution is -0.122. The van der Waals surface area contributed by atoms with Crippen LogP contribution in [0, 0.1) is 18.8 Å². The van der Waals surface area contributed by atoms with Gasteiger partial charge in [0.05, 0.1) is 0 Å². The Morgan fingerprint density at radius 1 is 1.35 bits per heavy atom. The summed E-state index contributed by atoms with van der Waals surface area (Å²) in [6, 6.07) is 8.60. The molecule has 2 unspecified atom stereocenters. The van der Waals surface area contributed by atoms with E-state index in [0.29, 0.717) is 18.3 Å². The molecule has 1 aromatic carbocycles. The lowest BCUT2D eigenvalue weighted by Crippen LogP contribution is -2.45. The van der Waals surface area contributed by atoms with E-state index in [0.717, 1.165) is 45.7 Å². The largest absolute Gasteiger partial charge is 0.381 e. The van der Waals surface area contributed by atoms with E-state index in [1.54, 1.807) is 0 Å². The Hall–Kier alpha value is -1.39. The number of hydrogen-bond acceptors (Lipinski definition) is 3. The van der Waals surface area contributed by atoms with E-state index >= 15 is 0 Å². The Balaban J connectivity index is 1.61. The van der Waals surface area contributed by atoms with Crippen molar-refractivity contribution >= 4 is 5.91 Å². The van der Waals surface area contributed by atoms with Gasteiger partial charge in [0.2, 0.25) is 5.91 Å². The number of aryl methyl sites for hydroxylation is 1. The van der Waals surface area contributed by atoms with Gasteiger partial charge in [-0.3, -0.25) is 4.79 Å². The van der Waals surface area contributed by atoms with Gasteiger partial charge in [-0.15, -0.1) is 0 Å². The second-order valence-corrected chi connectivity index (χ2v) is 8.27. The van der Waals surface area contributed by atoms with Crippen LogP contribution in [0.2, 0.25) is 0 Å². The molecular formula is C22H34N2O2. The fourth-order valence-electron chi connectivity index (χ4n) is 4.63. The van der Waals surface area contributed by atoms with Gasteiger partial charge in [0.25, 0.3) is 0 Å². The summed E-state index contributed by atoms with van der Waals surface area (Å²) in [5.74, 6) is 1.26. The minimum absolute atomic E-state index is 0.00881. The third-order valence-electron chi connectivity index (χ3n) is 6.44. The lowest BCUT2D eigenvalue weighted by atomic mass is 9.72. The number of amides is 1. The van der Waals surface area contributed by atoms with Gasteiger partial charge in [-0.25, -0.2) is 0 Å². The van der Waals surface area contributed by atoms with E-state index in [4.69, 9.17) is 4.74 Å². The summed E-state index contributed by atoms with van der Waals surface area (Å²) in [4.78, 5) is 12.6. The second-order valence-electron chi connectivity index (χ2n) is 8.27. The predicted molar refractivity (Wildman–Crippen MR) is 105 cm³/mol. The number of hydrogen-bond donors (Lipinski definition) is 2. The Morgan fingerprint density at radius 2 is 2.12 bits per heavy atom. The smallest absolute Gasteiger partial charge is 0.220 e. The Morgan fingerprint density at radius 3 is 2.81 bits per heavy atom. The first-order valence-electron chi connectivity index (χ1n) is 10.2. The van der Waals surface area contributed by atoms with Crippen LogP contribution in [0.15, 0.2) is 24.3 Å². The maximum atomic E-state index is 12.6. The molecule has 144 valence electrons. The standard InChI is InChI=1S/C22H34N2O2/c1-17-6-3-4-8-20(17)22(9-12-26-13-10-22)16-24-21(25)14-18(2)19-7-5-11-23-15-19/h3-4,6,8,18-19,23H,5,7,9-16H2,1-2H3,(H,24,25). The lowest BCUT2D eigenvalue weighted by Gasteiger charge is -2.39. The highest BCUT2D eigenvalue weighted by Crippen LogP contribution is 2.36. The summed E-state index contributed by atoms with van der Waals surface area (Å²) >= 11 is 0. The van der Waals surface area contributed by atoms with Gasteiger partial charge in [-0.2, -0.15) is 0 Å². The fourth-order valence-corrected chi connectivity index (χ4v) is 4.63. The molecule has 1 aromatic rings. The number of ether oxygens (including phenoxy) is 1. The minimum atomic E-state index is 0.00881. The molecule has 0 bridgehead atoms. The molecule has 1 amide bonds. The van der Waals surface area contributed by atoms with Gasteiger partial charge in [-0.1, -0.05) is 31.2 Å². The number of carbonyl (C=O) groups excluding carboxylic acids is 1. The molecule has 2 saturated heterocycles. The normalized spacial score (nSPS) is 24.0. The molecule has 4 heteroatoms. The molecule has 4 nitrogen and oxygen atoms in total. The first-order valence-corrected chi connectivity index (χ1v) is 10.2. The average molecular weight is 359 g/mol. The third kappa shape index (κ3) is 4.66. The Kier molecular flexibility index (Phi) is 6.71. The van der Waals surface area contributed by atoms with Crippen LogP contribution in [0.5, 0.6) is 0 Å². The van der Waals surface area contributed by atoms with Gasteiger partial charge in [0, 0.05) is 31.6 Å². The van der Waals surface area contributed by atoms with E-state index < -0.39 is 0 Å². The van der Waals surface area contributed by atoms with Crippen LogP contribution in [-0.4, -0.2) is 38.8 Å². The highest BCUT2D eigenvalue weighted by molar-refractivity contribution is 5.76. The average Bonchev–Trinajstić information content (AvgIpc) is 2.68. The van der Waals surface area contributed by atoms with Gasteiger partial charge < -0.3 is 15.4 Å². The zero-order valence-corrected chi connectivity index (χ0v) is 16.4. The first kappa shape index (κ1) is 19.4. The van der Waals surface area contributed by atoms with E-state index in [2.05, 4.69) is 48.7 Å². The van der Waals surface area contributed by atoms with Gasteiger partial charge in [-0.05, 0) is 68.7 Å². The third-order valence-corrected chi connectivity index (χ3v) is 6.44. The highest BCUT2D eigenvalue weighted by atomic mass is 16.5. The fraction of sp³-hybridized carbons (Fsp3) is 0.682. The van der Waals surface area contributed by atoms with Gasteiger partial charge in [0.1, 0.15) is 0 Å². The summed E-state index contributed by atoms with van der Waals surface area (Å²) in [5, 5.41) is 6.73. The van der Waals surface area contributed by atoms with Crippen molar-refractivity contribution in [2.45, 2.75) is 51.4 Å². The van der Waals surface area contributed by atoms with E-state index in [1.165, 1.54) is 24.0 Å². The predicted octanol–water partition coefficient (Wildman–Crippen LogP) is 3.19. The van der Waals surface area contributed by atoms with Gasteiger partial charge in [0.15, 0.2) is 0 Å². The maximum absolute atomic E-state index is 12.6. The molecule has 0 spiro atoms. The van der Waals surface area contributed by atoms with E-state index in [9.17, 15) is 4.79 Å². The molecule has 26 heavy (non-hydrogen) atoms. The quantitative estimate of drug-likeness (QED) is 0.821. The number of nitrogens with one attached hydrogen (secondary N) is 2. The van der Waals surface area contributed by atoms with Crippen molar-refractivity contribution in [3.8, 4) is 0 Å². The molecule has 2 N–H and O–H groups in total. The van der Waals surface area contributed by atoms with E-state index in [-0.39, 0.29) is 11.3 Å². The summed E-state index contributed by atoms with van der Waals surface area (Å²) in [5.41, 5.74) is 2.69. The topological polar surface area (TPSA) is 50.4 Å².